The Kier molecular flexibility index (Phi) is 11.7. The van der Waals surface area contributed by atoms with E-state index in [9.17, 15) is 9.59 Å². The number of Topliss-reactive ketones (excluding diaryl/α,β-unsaturated/α-hetero) is 2. The average molecular weight is 822 g/mol. The second-order valence-corrected chi connectivity index (χ2v) is 36.6. The van der Waals surface area contributed by atoms with E-state index < -0.39 is 31.9 Å². The maximum absolute atomic E-state index is 11.9. The fourth-order valence-corrected chi connectivity index (χ4v) is 19.6. The summed E-state index contributed by atoms with van der Waals surface area (Å²) in [5.41, 5.74) is 0. The zero-order valence-electron chi connectivity index (χ0n) is 21.8. The molecule has 204 valence electrons. The van der Waals surface area contributed by atoms with E-state index in [0.29, 0.717) is 8.94 Å². The summed E-state index contributed by atoms with van der Waals surface area (Å²) in [4.78, 5) is 23.9. The summed E-state index contributed by atoms with van der Waals surface area (Å²) in [7, 11) is 26.5. The van der Waals surface area contributed by atoms with E-state index in [4.69, 9.17) is 35.9 Å². The number of halogens is 4. The molecule has 4 rings (SSSR count). The quantitative estimate of drug-likeness (QED) is 0.168. The summed E-state index contributed by atoms with van der Waals surface area (Å²) in [6.07, 6.45) is 0. The average Bonchev–Trinajstić information content (AvgIpc) is 2.87. The molecule has 0 saturated carbocycles. The molecule has 8 heteroatoms. The van der Waals surface area contributed by atoms with E-state index in [2.05, 4.69) is 0 Å². The minimum atomic E-state index is -3.36. The van der Waals surface area contributed by atoms with Crippen molar-refractivity contribution in [2.24, 2.45) is 11.8 Å². The van der Waals surface area contributed by atoms with E-state index >= 15 is 0 Å². The van der Waals surface area contributed by atoms with Crippen LogP contribution in [-0.4, -0.2) is 43.4 Å². The number of hydrogen-bond acceptors (Lipinski definition) is 2. The van der Waals surface area contributed by atoms with Gasteiger partial charge in [-0.25, -0.2) is 0 Å². The van der Waals surface area contributed by atoms with Crippen LogP contribution in [-0.2, 0) is 9.59 Å². The minimum absolute atomic E-state index is 0.0156. The molecule has 2 nitrogen and oxygen atoms in total. The van der Waals surface area contributed by atoms with Gasteiger partial charge in [0.15, 0.2) is 0 Å². The second-order valence-electron chi connectivity index (χ2n) is 9.64. The fourth-order valence-electron chi connectivity index (χ4n) is 3.76. The van der Waals surface area contributed by atoms with Crippen LogP contribution in [0, 0.1) is 11.8 Å². The standard InChI is InChI=1S/2C15H16Cl2OTe/c2*1-11(2)14(18)10-19(16,17)15-9-5-7-12-6-3-4-8-13(12)15/h2*3-9,11H,10H2,1-2H3. The van der Waals surface area contributed by atoms with Crippen molar-refractivity contribution in [1.82, 2.24) is 0 Å². The maximum atomic E-state index is 11.9. The first-order valence-corrected chi connectivity index (χ1v) is 29.7. The van der Waals surface area contributed by atoms with Crippen molar-refractivity contribution in [3.05, 3.63) is 84.9 Å². The molecule has 0 saturated heterocycles. The van der Waals surface area contributed by atoms with Crippen molar-refractivity contribution in [3.63, 3.8) is 0 Å². The van der Waals surface area contributed by atoms with Gasteiger partial charge in [-0.3, -0.25) is 0 Å². The van der Waals surface area contributed by atoms with Crippen LogP contribution in [0.25, 0.3) is 21.5 Å². The summed E-state index contributed by atoms with van der Waals surface area (Å²) >= 11 is -6.72. The van der Waals surface area contributed by atoms with E-state index in [1.807, 2.05) is 113 Å². The van der Waals surface area contributed by atoms with Crippen LogP contribution >= 0.6 is 35.9 Å². The van der Waals surface area contributed by atoms with Gasteiger partial charge < -0.3 is 0 Å². The number of fused-ring (bicyclic) bond motifs is 2. The van der Waals surface area contributed by atoms with E-state index in [1.54, 1.807) is 0 Å². The molecule has 0 aromatic heterocycles. The van der Waals surface area contributed by atoms with Gasteiger partial charge in [0.2, 0.25) is 0 Å². The van der Waals surface area contributed by atoms with Crippen molar-refractivity contribution in [2.45, 2.75) is 36.6 Å². The molecule has 0 amide bonds. The zero-order valence-corrected chi connectivity index (χ0v) is 29.5. The third-order valence-corrected chi connectivity index (χ3v) is 22.9. The summed E-state index contributed by atoms with van der Waals surface area (Å²) in [6, 6.07) is 28.0. The molecule has 0 heterocycles. The number of carbonyl (C=O) groups is 2. The molecule has 38 heavy (non-hydrogen) atoms. The normalized spacial score (nSPS) is 12.9. The molecule has 0 radical (unpaired) electrons. The monoisotopic (exact) mass is 824 g/mol. The van der Waals surface area contributed by atoms with Crippen molar-refractivity contribution in [1.29, 1.82) is 0 Å². The molecular formula is C30H32Cl4O2Te2. The van der Waals surface area contributed by atoms with Crippen molar-refractivity contribution in [3.8, 4) is 0 Å². The molecule has 0 aliphatic heterocycles. The van der Waals surface area contributed by atoms with E-state index in [-0.39, 0.29) is 23.4 Å². The first kappa shape index (κ1) is 32.0. The third-order valence-electron chi connectivity index (χ3n) is 6.08. The number of carbonyl (C=O) groups excluding carboxylic acids is 2. The van der Waals surface area contributed by atoms with Crippen LogP contribution in [0.5, 0.6) is 0 Å². The predicted molar refractivity (Wildman–Crippen MR) is 171 cm³/mol. The zero-order chi connectivity index (χ0) is 28.1. The van der Waals surface area contributed by atoms with E-state index in [0.717, 1.165) is 28.8 Å². The van der Waals surface area contributed by atoms with Crippen molar-refractivity contribution < 1.29 is 9.59 Å². The number of ketones is 2. The molecule has 4 aromatic carbocycles. The Morgan fingerprint density at radius 2 is 0.868 bits per heavy atom. The molecule has 4 aromatic rings. The van der Waals surface area contributed by atoms with Gasteiger partial charge in [0, 0.05) is 0 Å². The third kappa shape index (κ3) is 8.26. The van der Waals surface area contributed by atoms with Crippen LogP contribution < -0.4 is 7.22 Å². The van der Waals surface area contributed by atoms with Crippen molar-refractivity contribution in [2.75, 3.05) is 0 Å². The summed E-state index contributed by atoms with van der Waals surface area (Å²) in [6.45, 7) is 7.55. The van der Waals surface area contributed by atoms with Crippen LogP contribution in [0.4, 0.5) is 0 Å². The summed E-state index contributed by atoms with van der Waals surface area (Å²) < 4.78 is 2.60. The Bertz CT molecular complexity index is 1310. The molecule has 0 atom stereocenters. The number of hydrogen-bond donors (Lipinski definition) is 0. The SMILES string of the molecule is CC(C)C(=O)C[Te](Cl)(Cl)c1cccc2ccccc12.CC(C)C(=O)C[Te](Cl)(Cl)c1cccc2ccccc12. The van der Waals surface area contributed by atoms with E-state index in [1.165, 1.54) is 0 Å². The molecule has 0 unspecified atom stereocenters. The molecule has 0 N–H and O–H groups in total. The number of benzene rings is 4. The van der Waals surface area contributed by atoms with Crippen LogP contribution in [0.15, 0.2) is 84.9 Å². The molecule has 0 fully saturated rings. The van der Waals surface area contributed by atoms with Crippen LogP contribution in [0.3, 0.4) is 0 Å². The number of rotatable bonds is 8. The first-order valence-electron chi connectivity index (χ1n) is 12.2. The Morgan fingerprint density at radius 3 is 1.21 bits per heavy atom. The Labute approximate surface area is 248 Å². The van der Waals surface area contributed by atoms with Gasteiger partial charge >= 0.3 is 251 Å². The topological polar surface area (TPSA) is 34.1 Å². The predicted octanol–water partition coefficient (Wildman–Crippen LogP) is 8.38. The van der Waals surface area contributed by atoms with Gasteiger partial charge in [0.1, 0.15) is 0 Å². The van der Waals surface area contributed by atoms with Gasteiger partial charge in [-0.1, -0.05) is 0 Å². The Morgan fingerprint density at radius 1 is 0.553 bits per heavy atom. The van der Waals surface area contributed by atoms with Gasteiger partial charge in [-0.15, -0.1) is 0 Å². The molecule has 0 aliphatic rings. The van der Waals surface area contributed by atoms with Gasteiger partial charge in [-0.2, -0.15) is 0 Å². The Hall–Kier alpha value is -0.521. The molecule has 0 aliphatic carbocycles. The van der Waals surface area contributed by atoms with Crippen LogP contribution in [0.2, 0.25) is 8.94 Å². The molecule has 0 bridgehead atoms. The first-order chi connectivity index (χ1) is 17.8. The summed E-state index contributed by atoms with van der Waals surface area (Å²) in [5, 5.41) is 4.39. The van der Waals surface area contributed by atoms with Gasteiger partial charge in [0.25, 0.3) is 0 Å². The fraction of sp³-hybridized carbons (Fsp3) is 0.267. The molecular weight excluding hydrogens is 789 g/mol. The van der Waals surface area contributed by atoms with Gasteiger partial charge in [-0.05, 0) is 0 Å². The van der Waals surface area contributed by atoms with Gasteiger partial charge in [0.05, 0.1) is 0 Å². The Balaban J connectivity index is 0.000000211. The molecule has 0 spiro atoms. The second kappa shape index (κ2) is 13.9. The van der Waals surface area contributed by atoms with Crippen molar-refractivity contribution >= 4 is 108 Å². The van der Waals surface area contributed by atoms with Crippen LogP contribution in [0.1, 0.15) is 27.7 Å². The summed E-state index contributed by atoms with van der Waals surface area (Å²) in [5.74, 6) is 0.273.